The molecule has 170 valence electrons. The molecule has 3 aliphatic rings. The number of hydrogen-bond acceptors (Lipinski definition) is 7. The Hall–Kier alpha value is -3.34. The number of likely N-dealkylation sites (N-methyl/N-ethyl adjacent to an activating group) is 1. The Balaban J connectivity index is 1.51. The SMILES string of the molecule is CN(C)C(=O)CN1CCN(c2cc3c(cc2F)C(=O)N(C2CCC(=O)NC2=O)C3=O)CC1. The van der Waals surface area contributed by atoms with Gasteiger partial charge in [-0.2, -0.15) is 0 Å². The molecule has 1 N–H and O–H groups in total. The van der Waals surface area contributed by atoms with Crippen molar-refractivity contribution < 1.29 is 28.4 Å². The molecule has 1 unspecified atom stereocenters. The molecular weight excluding hydrogens is 421 g/mol. The van der Waals surface area contributed by atoms with Gasteiger partial charge in [-0.25, -0.2) is 4.39 Å². The van der Waals surface area contributed by atoms with Crippen LogP contribution in [0.5, 0.6) is 0 Å². The highest BCUT2D eigenvalue weighted by molar-refractivity contribution is 6.23. The molecule has 0 saturated carbocycles. The molecule has 0 spiro atoms. The molecule has 0 bridgehead atoms. The van der Waals surface area contributed by atoms with Crippen molar-refractivity contribution in [3.63, 3.8) is 0 Å². The third kappa shape index (κ3) is 3.83. The van der Waals surface area contributed by atoms with Crippen molar-refractivity contribution in [3.8, 4) is 0 Å². The number of piperidine rings is 1. The lowest BCUT2D eigenvalue weighted by Crippen LogP contribution is -2.54. The molecule has 2 saturated heterocycles. The van der Waals surface area contributed by atoms with Gasteiger partial charge < -0.3 is 9.80 Å². The lowest BCUT2D eigenvalue weighted by Gasteiger charge is -2.36. The van der Waals surface area contributed by atoms with Crippen molar-refractivity contribution in [2.45, 2.75) is 18.9 Å². The van der Waals surface area contributed by atoms with E-state index in [1.165, 1.54) is 11.0 Å². The summed E-state index contributed by atoms with van der Waals surface area (Å²) in [5, 5.41) is 2.14. The second kappa shape index (κ2) is 8.30. The van der Waals surface area contributed by atoms with Crippen LogP contribution in [0.3, 0.4) is 0 Å². The van der Waals surface area contributed by atoms with Crippen LogP contribution in [0.4, 0.5) is 10.1 Å². The standard InChI is InChI=1S/C21H24FN5O5/c1-24(2)18(29)11-25-5-7-26(8-6-25)16-10-13-12(9-14(16)22)20(31)27(21(13)32)15-3-4-17(28)23-19(15)30/h9-10,15H,3-8,11H2,1-2H3,(H,23,28,30). The maximum absolute atomic E-state index is 14.9. The first-order valence-electron chi connectivity index (χ1n) is 10.4. The number of rotatable bonds is 4. The molecule has 1 atom stereocenters. The van der Waals surface area contributed by atoms with Crippen molar-refractivity contribution in [2.75, 3.05) is 51.7 Å². The van der Waals surface area contributed by atoms with Crippen molar-refractivity contribution >= 4 is 35.2 Å². The Bertz CT molecular complexity index is 1020. The second-order valence-electron chi connectivity index (χ2n) is 8.35. The molecule has 0 radical (unpaired) electrons. The van der Waals surface area contributed by atoms with E-state index >= 15 is 0 Å². The first-order valence-corrected chi connectivity index (χ1v) is 10.4. The topological polar surface area (TPSA) is 110 Å². The Morgan fingerprint density at radius 1 is 1.06 bits per heavy atom. The summed E-state index contributed by atoms with van der Waals surface area (Å²) in [6.45, 7) is 2.28. The number of nitrogens with one attached hydrogen (secondary N) is 1. The maximum Gasteiger partial charge on any atom is 0.262 e. The van der Waals surface area contributed by atoms with Crippen LogP contribution in [0.2, 0.25) is 0 Å². The number of benzene rings is 1. The summed E-state index contributed by atoms with van der Waals surface area (Å²) in [4.78, 5) is 67.3. The zero-order valence-electron chi connectivity index (χ0n) is 17.9. The van der Waals surface area contributed by atoms with Gasteiger partial charge in [0.05, 0.1) is 23.4 Å². The van der Waals surface area contributed by atoms with Crippen molar-refractivity contribution in [1.82, 2.24) is 20.0 Å². The quantitative estimate of drug-likeness (QED) is 0.619. The van der Waals surface area contributed by atoms with Gasteiger partial charge in [-0.05, 0) is 18.6 Å². The van der Waals surface area contributed by atoms with Crippen LogP contribution < -0.4 is 10.2 Å². The van der Waals surface area contributed by atoms with Gasteiger partial charge in [-0.3, -0.25) is 39.1 Å². The number of amides is 5. The number of fused-ring (bicyclic) bond motifs is 1. The number of hydrogen-bond donors (Lipinski definition) is 1. The zero-order valence-corrected chi connectivity index (χ0v) is 17.9. The number of piperazine rings is 1. The minimum atomic E-state index is -1.09. The molecule has 0 aliphatic carbocycles. The normalized spacial score (nSPS) is 21.7. The predicted octanol–water partition coefficient (Wildman–Crippen LogP) is -0.563. The Kier molecular flexibility index (Phi) is 5.68. The molecule has 4 rings (SSSR count). The van der Waals surface area contributed by atoms with Crippen LogP contribution in [0.25, 0.3) is 0 Å². The molecule has 1 aromatic rings. The lowest BCUT2D eigenvalue weighted by molar-refractivity contribution is -0.136. The zero-order chi connectivity index (χ0) is 23.2. The average Bonchev–Trinajstić information content (AvgIpc) is 2.98. The van der Waals surface area contributed by atoms with Crippen LogP contribution in [0.15, 0.2) is 12.1 Å². The third-order valence-corrected chi connectivity index (χ3v) is 6.08. The van der Waals surface area contributed by atoms with E-state index in [0.717, 1.165) is 11.0 Å². The summed E-state index contributed by atoms with van der Waals surface area (Å²) in [6.07, 6.45) is 0.0587. The molecule has 10 nitrogen and oxygen atoms in total. The predicted molar refractivity (Wildman–Crippen MR) is 110 cm³/mol. The molecular formula is C21H24FN5O5. The first-order chi connectivity index (χ1) is 15.2. The van der Waals surface area contributed by atoms with E-state index in [9.17, 15) is 28.4 Å². The minimum Gasteiger partial charge on any atom is -0.367 e. The van der Waals surface area contributed by atoms with Gasteiger partial charge in [-0.1, -0.05) is 0 Å². The first kappa shape index (κ1) is 21.9. The lowest BCUT2D eigenvalue weighted by atomic mass is 10.0. The van der Waals surface area contributed by atoms with Crippen LogP contribution >= 0.6 is 0 Å². The van der Waals surface area contributed by atoms with Crippen molar-refractivity contribution in [3.05, 3.63) is 29.1 Å². The molecule has 32 heavy (non-hydrogen) atoms. The van der Waals surface area contributed by atoms with Crippen molar-refractivity contribution in [2.24, 2.45) is 0 Å². The molecule has 5 amide bonds. The van der Waals surface area contributed by atoms with Crippen LogP contribution in [0.1, 0.15) is 33.6 Å². The molecule has 0 aromatic heterocycles. The van der Waals surface area contributed by atoms with Gasteiger partial charge in [0.2, 0.25) is 17.7 Å². The second-order valence-corrected chi connectivity index (χ2v) is 8.35. The van der Waals surface area contributed by atoms with E-state index < -0.39 is 35.5 Å². The number of halogens is 1. The average molecular weight is 445 g/mol. The van der Waals surface area contributed by atoms with Crippen LogP contribution in [-0.4, -0.2) is 97.1 Å². The molecule has 11 heteroatoms. The summed E-state index contributed by atoms with van der Waals surface area (Å²) in [5.41, 5.74) is 0.158. The van der Waals surface area contributed by atoms with Crippen molar-refractivity contribution in [1.29, 1.82) is 0 Å². The Labute approximate surface area is 183 Å². The monoisotopic (exact) mass is 445 g/mol. The van der Waals surface area contributed by atoms with Gasteiger partial charge in [0, 0.05) is 46.7 Å². The number of carbonyl (C=O) groups excluding carboxylic acids is 5. The minimum absolute atomic E-state index is 0.0141. The van der Waals surface area contributed by atoms with E-state index in [1.54, 1.807) is 19.0 Å². The fraction of sp³-hybridized carbons (Fsp3) is 0.476. The highest BCUT2D eigenvalue weighted by Gasteiger charge is 2.45. The fourth-order valence-corrected chi connectivity index (χ4v) is 4.20. The van der Waals surface area contributed by atoms with E-state index in [1.807, 2.05) is 4.90 Å². The Morgan fingerprint density at radius 2 is 1.69 bits per heavy atom. The largest absolute Gasteiger partial charge is 0.367 e. The fourth-order valence-electron chi connectivity index (χ4n) is 4.20. The summed E-state index contributed by atoms with van der Waals surface area (Å²) in [6, 6.07) is 1.31. The molecule has 3 heterocycles. The third-order valence-electron chi connectivity index (χ3n) is 6.08. The summed E-state index contributed by atoms with van der Waals surface area (Å²) >= 11 is 0. The van der Waals surface area contributed by atoms with E-state index in [0.29, 0.717) is 26.2 Å². The highest BCUT2D eigenvalue weighted by atomic mass is 19.1. The number of carbonyl (C=O) groups is 5. The summed E-state index contributed by atoms with van der Waals surface area (Å²) < 4.78 is 14.9. The molecule has 3 aliphatic heterocycles. The number of imide groups is 2. The number of nitrogens with zero attached hydrogens (tertiary/aromatic N) is 4. The smallest absolute Gasteiger partial charge is 0.262 e. The van der Waals surface area contributed by atoms with E-state index in [-0.39, 0.29) is 42.1 Å². The maximum atomic E-state index is 14.9. The van der Waals surface area contributed by atoms with Gasteiger partial charge in [-0.15, -0.1) is 0 Å². The van der Waals surface area contributed by atoms with Gasteiger partial charge in [0.15, 0.2) is 0 Å². The van der Waals surface area contributed by atoms with Crippen LogP contribution in [-0.2, 0) is 14.4 Å². The highest BCUT2D eigenvalue weighted by Crippen LogP contribution is 2.33. The molecule has 2 fully saturated rings. The summed E-state index contributed by atoms with van der Waals surface area (Å²) in [5.74, 6) is -3.22. The van der Waals surface area contributed by atoms with E-state index in [2.05, 4.69) is 5.32 Å². The van der Waals surface area contributed by atoms with Gasteiger partial charge in [0.25, 0.3) is 11.8 Å². The van der Waals surface area contributed by atoms with E-state index in [4.69, 9.17) is 0 Å². The van der Waals surface area contributed by atoms with Gasteiger partial charge in [0.1, 0.15) is 11.9 Å². The van der Waals surface area contributed by atoms with Gasteiger partial charge >= 0.3 is 0 Å². The molecule has 1 aromatic carbocycles. The summed E-state index contributed by atoms with van der Waals surface area (Å²) in [7, 11) is 3.38. The van der Waals surface area contributed by atoms with Crippen LogP contribution in [0, 0.1) is 5.82 Å². The number of anilines is 1. The Morgan fingerprint density at radius 3 is 2.28 bits per heavy atom.